The number of rotatable bonds is 17. The normalized spacial score (nSPS) is 16.6. The maximum absolute atomic E-state index is 13.1. The minimum Gasteiger partial charge on any atom is -0.481 e. The summed E-state index contributed by atoms with van der Waals surface area (Å²) in [5.41, 5.74) is 7.68. The fraction of sp³-hybridized carbons (Fsp3) is 0.429. The van der Waals surface area contributed by atoms with Crippen molar-refractivity contribution in [1.29, 1.82) is 0 Å². The second-order valence-corrected chi connectivity index (χ2v) is 28.5. The summed E-state index contributed by atoms with van der Waals surface area (Å²) in [7, 11) is 15.4. The number of benzene rings is 4. The number of anilines is 6. The van der Waals surface area contributed by atoms with E-state index in [1.165, 1.54) is 0 Å². The topological polar surface area (TPSA) is 239 Å². The molecule has 0 unspecified atom stereocenters. The second kappa shape index (κ2) is 34.2. The number of ether oxygens (including phenoxy) is 1. The molecular weight excluding hydrogens is 1340 g/mol. The van der Waals surface area contributed by atoms with Gasteiger partial charge in [0.2, 0.25) is 21.1 Å². The van der Waals surface area contributed by atoms with Crippen LogP contribution in [-0.4, -0.2) is 193 Å². The maximum atomic E-state index is 13.1. The Hall–Kier alpha value is -7.61. The van der Waals surface area contributed by atoms with Gasteiger partial charge in [-0.3, -0.25) is 19.2 Å². The first-order chi connectivity index (χ1) is 46.6. The van der Waals surface area contributed by atoms with Crippen molar-refractivity contribution in [3.8, 4) is 0 Å². The summed E-state index contributed by atoms with van der Waals surface area (Å²) in [6.07, 6.45) is 11.1. The molecule has 0 spiro atoms. The van der Waals surface area contributed by atoms with Crippen molar-refractivity contribution >= 4 is 123 Å². The first-order valence-electron chi connectivity index (χ1n) is 32.7. The van der Waals surface area contributed by atoms with Crippen LogP contribution in [0.25, 0.3) is 11.3 Å². The number of aliphatic carboxylic acids is 1. The molecule has 97 heavy (non-hydrogen) atoms. The van der Waals surface area contributed by atoms with Gasteiger partial charge in [-0.15, -0.1) is 10.2 Å². The number of aliphatic hydroxyl groups excluding tert-OH is 1. The van der Waals surface area contributed by atoms with Crippen LogP contribution in [0.4, 0.5) is 34.6 Å². The molecule has 12 rings (SSSR count). The Labute approximate surface area is 588 Å². The van der Waals surface area contributed by atoms with Crippen LogP contribution in [0.5, 0.6) is 0 Å². The van der Waals surface area contributed by atoms with Crippen LogP contribution in [0.15, 0.2) is 134 Å². The summed E-state index contributed by atoms with van der Waals surface area (Å²) in [5.74, 6) is 0.0309. The van der Waals surface area contributed by atoms with Gasteiger partial charge in [0.1, 0.15) is 0 Å². The van der Waals surface area contributed by atoms with Gasteiger partial charge < -0.3 is 55.0 Å². The van der Waals surface area contributed by atoms with Gasteiger partial charge in [0.15, 0.2) is 11.3 Å². The third-order valence-corrected chi connectivity index (χ3v) is 19.4. The molecule has 27 heteroatoms. The number of carbonyl (C=O) groups is 4. The van der Waals surface area contributed by atoms with Gasteiger partial charge in [-0.05, 0) is 214 Å². The first kappa shape index (κ1) is 73.6. The lowest BCUT2D eigenvalue weighted by Gasteiger charge is -2.42. The number of nitrogens with one attached hydrogen (secondary N) is 2. The summed E-state index contributed by atoms with van der Waals surface area (Å²) >= 11 is 12.3. The van der Waals surface area contributed by atoms with Crippen LogP contribution in [0.2, 0.25) is 10.0 Å². The van der Waals surface area contributed by atoms with Crippen LogP contribution in [0, 0.1) is 0 Å². The Balaban J connectivity index is 0.000000208. The Morgan fingerprint density at radius 1 is 0.577 bits per heavy atom. The van der Waals surface area contributed by atoms with E-state index in [0.717, 1.165) is 123 Å². The molecule has 4 N–H and O–H groups in total. The number of piperidine rings is 4. The summed E-state index contributed by atoms with van der Waals surface area (Å²) in [5, 5.41) is 34.5. The van der Waals surface area contributed by atoms with Crippen molar-refractivity contribution in [3.63, 3.8) is 0 Å². The lowest BCUT2D eigenvalue weighted by atomic mass is 9.70. The quantitative estimate of drug-likeness (QED) is 0.0489. The summed E-state index contributed by atoms with van der Waals surface area (Å²) < 4.78 is 18.0. The van der Waals surface area contributed by atoms with Crippen molar-refractivity contribution in [3.05, 3.63) is 166 Å². The Bertz CT molecular complexity index is 3930. The van der Waals surface area contributed by atoms with Crippen LogP contribution in [0.1, 0.15) is 110 Å². The van der Waals surface area contributed by atoms with Crippen LogP contribution in [0.3, 0.4) is 0 Å². The highest BCUT2D eigenvalue weighted by Crippen LogP contribution is 2.43. The van der Waals surface area contributed by atoms with E-state index in [9.17, 15) is 24.3 Å². The van der Waals surface area contributed by atoms with Crippen molar-refractivity contribution in [1.82, 2.24) is 48.8 Å². The number of hydrogen-bond acceptors (Lipinski definition) is 17. The number of carboxylic acids is 1. The largest absolute Gasteiger partial charge is 0.481 e. The number of amides is 2. The molecule has 0 saturated carbocycles. The minimum absolute atomic E-state index is 0.0339. The standard InChI is InChI=1S/C35H42ClN7O3.C33H38ClN7O3.C2H6O.Cl2OS/c1-4-46-31(44)24-35(26-9-11-27(36)12-10-26)17-22-42(23-18-35)30-6-5-19-43-32(30)38-34(39-43)37-28-13-7-25(8-14-28)33(45)41(3)29-15-20-40(2)21-16-29;1-38-18-13-27(14-19-38)39(2)31(44)23-5-11-26(12-6-23)35-32-36-30-28(4-3-17-41(30)37-32)40-20-15-33(16-21-40,22-29(42)43)24-7-9-25(34)10-8-24;1-2-3;1-4(2)3/h5-14,19,29H,4,15-18,20-24H2,1-3H3,(H,37,39);3-12,17,27H,13-16,18-22H2,1-2H3,(H,35,37)(H,42,43);3H,2H2,1H3;. The third-order valence-electron chi connectivity index (χ3n) is 18.9. The lowest BCUT2D eigenvalue weighted by Crippen LogP contribution is -2.44. The number of hydrogen-bond donors (Lipinski definition) is 4. The van der Waals surface area contributed by atoms with E-state index in [0.29, 0.717) is 72.0 Å². The average molecular weight is 1430 g/mol. The van der Waals surface area contributed by atoms with Crippen LogP contribution < -0.4 is 20.4 Å². The molecule has 8 heterocycles. The van der Waals surface area contributed by atoms with Gasteiger partial charge in [0, 0.05) is 136 Å². The van der Waals surface area contributed by atoms with Gasteiger partial charge in [0.05, 0.1) is 30.8 Å². The monoisotopic (exact) mass is 1420 g/mol. The molecule has 0 aliphatic carbocycles. The molecule has 2 amide bonds. The zero-order valence-corrected chi connectivity index (χ0v) is 59.5. The molecule has 0 atom stereocenters. The molecule has 8 aromatic rings. The summed E-state index contributed by atoms with van der Waals surface area (Å²) in [6, 6.07) is 38.9. The SMILES string of the molecule is CCO.CCOC(=O)CC1(c2ccc(Cl)cc2)CCN(c2cccn3nc(Nc4ccc(C(=O)N(C)C5CCN(C)CC5)cc4)nc23)CC1.CN1CCC(N(C)C(=O)c2ccc(Nc3nc4c(N5CCC(CC(=O)O)(c6ccc(Cl)cc6)CC5)cccn4n3)cc2)CC1.O=S(Cl)Cl. The van der Waals surface area contributed by atoms with E-state index in [-0.39, 0.29) is 48.3 Å². The summed E-state index contributed by atoms with van der Waals surface area (Å²) in [4.78, 5) is 73.4. The number of aromatic nitrogens is 6. The van der Waals surface area contributed by atoms with E-state index >= 15 is 0 Å². The molecule has 4 aliphatic rings. The molecule has 4 aromatic heterocycles. The number of fused-ring (bicyclic) bond motifs is 2. The Morgan fingerprint density at radius 3 is 1.27 bits per heavy atom. The number of pyridine rings is 2. The molecule has 4 saturated heterocycles. The first-order valence-corrected chi connectivity index (χ1v) is 36.3. The van der Waals surface area contributed by atoms with Gasteiger partial charge in [-0.2, -0.15) is 9.97 Å². The van der Waals surface area contributed by atoms with Crippen molar-refractivity contribution in [2.75, 3.05) is 114 Å². The van der Waals surface area contributed by atoms with Gasteiger partial charge >= 0.3 is 11.9 Å². The molecular formula is C70H86Cl4N14O8S. The molecule has 22 nitrogen and oxygen atoms in total. The predicted octanol–water partition coefficient (Wildman–Crippen LogP) is 12.1. The number of esters is 1. The van der Waals surface area contributed by atoms with E-state index in [2.05, 4.69) is 82.0 Å². The average Bonchev–Trinajstić information content (AvgIpc) is 1.75. The number of halogens is 4. The van der Waals surface area contributed by atoms with E-state index in [1.54, 1.807) is 16.0 Å². The van der Waals surface area contributed by atoms with Crippen molar-refractivity contribution < 1.29 is 38.3 Å². The maximum Gasteiger partial charge on any atom is 0.306 e. The van der Waals surface area contributed by atoms with Crippen molar-refractivity contribution in [2.24, 2.45) is 0 Å². The third kappa shape index (κ3) is 19.2. The Kier molecular flexibility index (Phi) is 26.0. The zero-order chi connectivity index (χ0) is 69.4. The predicted molar refractivity (Wildman–Crippen MR) is 386 cm³/mol. The number of nitrogens with zero attached hydrogens (tertiary/aromatic N) is 12. The zero-order valence-electron chi connectivity index (χ0n) is 55.6. The van der Waals surface area contributed by atoms with E-state index in [4.69, 9.17) is 47.2 Å². The smallest absolute Gasteiger partial charge is 0.306 e. The second-order valence-electron chi connectivity index (χ2n) is 25.1. The molecule has 518 valence electrons. The minimum atomic E-state index is -1.67. The van der Waals surface area contributed by atoms with Crippen LogP contribution >= 0.6 is 44.6 Å². The van der Waals surface area contributed by atoms with Crippen molar-refractivity contribution in [2.45, 2.75) is 101 Å². The van der Waals surface area contributed by atoms with Gasteiger partial charge in [0.25, 0.3) is 11.8 Å². The van der Waals surface area contributed by atoms with E-state index in [1.807, 2.05) is 158 Å². The number of carbonyl (C=O) groups excluding carboxylic acids is 3. The highest BCUT2D eigenvalue weighted by Gasteiger charge is 2.41. The fourth-order valence-corrected chi connectivity index (χ4v) is 13.7. The summed E-state index contributed by atoms with van der Waals surface area (Å²) in [6.45, 7) is 11.0. The number of likely N-dealkylation sites (tertiary alicyclic amines) is 2. The lowest BCUT2D eigenvalue weighted by molar-refractivity contribution is -0.145. The fourth-order valence-electron chi connectivity index (χ4n) is 13.4. The van der Waals surface area contributed by atoms with E-state index < -0.39 is 20.6 Å². The Morgan fingerprint density at radius 2 is 0.928 bits per heavy atom. The molecule has 4 fully saturated rings. The van der Waals surface area contributed by atoms with Gasteiger partial charge in [-0.25, -0.2) is 13.2 Å². The number of carboxylic acid groups (broad SMARTS) is 1. The molecule has 0 radical (unpaired) electrons. The molecule has 0 bridgehead atoms. The van der Waals surface area contributed by atoms with Crippen LogP contribution in [-0.2, 0) is 34.4 Å². The molecule has 4 aromatic carbocycles. The number of aliphatic hydroxyl groups is 1. The highest BCUT2D eigenvalue weighted by atomic mass is 36.0. The van der Waals surface area contributed by atoms with Gasteiger partial charge in [-0.1, -0.05) is 47.5 Å². The highest BCUT2D eigenvalue weighted by molar-refractivity contribution is 8.26. The molecule has 4 aliphatic heterocycles.